The SMILES string of the molecule is CCN(CC)C(=O)N1CCC(C(=O)NCc2c(C)nn(Cc3ccccc3)c2C)CC1. The van der Waals surface area contributed by atoms with Crippen molar-refractivity contribution in [2.24, 2.45) is 5.92 Å². The van der Waals surface area contributed by atoms with Gasteiger partial charge in [0.05, 0.1) is 12.2 Å². The fraction of sp³-hybridized carbons (Fsp3) is 0.542. The molecule has 1 N–H and O–H groups in total. The van der Waals surface area contributed by atoms with Crippen molar-refractivity contribution < 1.29 is 9.59 Å². The van der Waals surface area contributed by atoms with E-state index in [9.17, 15) is 9.59 Å². The number of aryl methyl sites for hydroxylation is 1. The summed E-state index contributed by atoms with van der Waals surface area (Å²) in [6.07, 6.45) is 1.42. The molecule has 1 fully saturated rings. The molecule has 1 aliphatic rings. The molecule has 2 aromatic rings. The maximum absolute atomic E-state index is 12.8. The Bertz CT molecular complexity index is 881. The van der Waals surface area contributed by atoms with E-state index < -0.39 is 0 Å². The normalized spacial score (nSPS) is 14.5. The Labute approximate surface area is 185 Å². The molecule has 0 atom stereocenters. The van der Waals surface area contributed by atoms with Crippen molar-refractivity contribution in [3.8, 4) is 0 Å². The van der Waals surface area contributed by atoms with Gasteiger partial charge in [0.2, 0.25) is 5.91 Å². The van der Waals surface area contributed by atoms with Gasteiger partial charge in [-0.3, -0.25) is 9.48 Å². The van der Waals surface area contributed by atoms with Gasteiger partial charge in [-0.2, -0.15) is 5.10 Å². The molecule has 0 radical (unpaired) electrons. The molecule has 7 nitrogen and oxygen atoms in total. The Hall–Kier alpha value is -2.83. The highest BCUT2D eigenvalue weighted by atomic mass is 16.2. The minimum absolute atomic E-state index is 0.0410. The van der Waals surface area contributed by atoms with Gasteiger partial charge >= 0.3 is 6.03 Å². The molecule has 7 heteroatoms. The second kappa shape index (κ2) is 10.5. The number of hydrogen-bond donors (Lipinski definition) is 1. The molecule has 3 rings (SSSR count). The van der Waals surface area contributed by atoms with Crippen molar-refractivity contribution in [1.29, 1.82) is 0 Å². The van der Waals surface area contributed by atoms with E-state index in [1.165, 1.54) is 5.56 Å². The van der Waals surface area contributed by atoms with Crippen LogP contribution in [0, 0.1) is 19.8 Å². The largest absolute Gasteiger partial charge is 0.352 e. The molecule has 0 unspecified atom stereocenters. The zero-order valence-electron chi connectivity index (χ0n) is 19.2. The first-order chi connectivity index (χ1) is 14.9. The Kier molecular flexibility index (Phi) is 7.71. The van der Waals surface area contributed by atoms with Gasteiger partial charge in [0.15, 0.2) is 0 Å². The lowest BCUT2D eigenvalue weighted by Gasteiger charge is -2.34. The summed E-state index contributed by atoms with van der Waals surface area (Å²) < 4.78 is 2.00. The first kappa shape index (κ1) is 22.8. The number of piperidine rings is 1. The van der Waals surface area contributed by atoms with Crippen LogP contribution in [0.3, 0.4) is 0 Å². The molecule has 0 saturated carbocycles. The van der Waals surface area contributed by atoms with Gasteiger partial charge in [0.25, 0.3) is 0 Å². The monoisotopic (exact) mass is 425 g/mol. The van der Waals surface area contributed by atoms with Gasteiger partial charge in [-0.15, -0.1) is 0 Å². The summed E-state index contributed by atoms with van der Waals surface area (Å²) in [7, 11) is 0. The molecule has 1 aliphatic heterocycles. The van der Waals surface area contributed by atoms with Gasteiger partial charge in [0, 0.05) is 49.9 Å². The number of rotatable bonds is 7. The predicted octanol–water partition coefficient (Wildman–Crippen LogP) is 3.34. The second-order valence-electron chi connectivity index (χ2n) is 8.23. The predicted molar refractivity (Wildman–Crippen MR) is 122 cm³/mol. The van der Waals surface area contributed by atoms with E-state index in [0.29, 0.717) is 45.6 Å². The molecule has 0 spiro atoms. The Morgan fingerprint density at radius 2 is 1.74 bits per heavy atom. The minimum atomic E-state index is -0.0410. The van der Waals surface area contributed by atoms with E-state index in [2.05, 4.69) is 29.5 Å². The highest BCUT2D eigenvalue weighted by molar-refractivity contribution is 5.79. The third kappa shape index (κ3) is 5.46. The number of aromatic nitrogens is 2. The highest BCUT2D eigenvalue weighted by Gasteiger charge is 2.29. The van der Waals surface area contributed by atoms with Gasteiger partial charge in [-0.05, 0) is 46.1 Å². The summed E-state index contributed by atoms with van der Waals surface area (Å²) in [5.74, 6) is 0.0327. The van der Waals surface area contributed by atoms with Crippen molar-refractivity contribution in [1.82, 2.24) is 24.9 Å². The lowest BCUT2D eigenvalue weighted by atomic mass is 9.96. The summed E-state index contributed by atoms with van der Waals surface area (Å²) in [5, 5.41) is 7.78. The van der Waals surface area contributed by atoms with Crippen molar-refractivity contribution in [3.63, 3.8) is 0 Å². The average Bonchev–Trinajstić information content (AvgIpc) is 3.05. The fourth-order valence-corrected chi connectivity index (χ4v) is 4.25. The molecule has 168 valence electrons. The fourth-order valence-electron chi connectivity index (χ4n) is 4.25. The summed E-state index contributed by atoms with van der Waals surface area (Å²) in [6.45, 7) is 12.0. The lowest BCUT2D eigenvalue weighted by molar-refractivity contribution is -0.126. The zero-order valence-corrected chi connectivity index (χ0v) is 19.2. The topological polar surface area (TPSA) is 70.5 Å². The molecule has 3 amide bonds. The standard InChI is InChI=1S/C24H35N5O2/c1-5-27(6-2)24(31)28-14-12-21(13-15-28)23(30)25-16-22-18(3)26-29(19(22)4)17-20-10-8-7-9-11-20/h7-11,21H,5-6,12-17H2,1-4H3,(H,25,30). The van der Waals surface area contributed by atoms with E-state index in [1.807, 2.05) is 53.5 Å². The van der Waals surface area contributed by atoms with Crippen LogP contribution in [-0.4, -0.2) is 57.7 Å². The van der Waals surface area contributed by atoms with Crippen LogP contribution in [0.5, 0.6) is 0 Å². The maximum atomic E-state index is 12.8. The summed E-state index contributed by atoms with van der Waals surface area (Å²) >= 11 is 0. The van der Waals surface area contributed by atoms with Crippen LogP contribution in [-0.2, 0) is 17.9 Å². The molecule has 31 heavy (non-hydrogen) atoms. The molecule has 1 aromatic carbocycles. The Balaban J connectivity index is 1.53. The van der Waals surface area contributed by atoms with Crippen LogP contribution in [0.15, 0.2) is 30.3 Å². The van der Waals surface area contributed by atoms with E-state index in [-0.39, 0.29) is 17.9 Å². The summed E-state index contributed by atoms with van der Waals surface area (Å²) in [5.41, 5.74) is 4.32. The van der Waals surface area contributed by atoms with Crippen molar-refractivity contribution in [2.75, 3.05) is 26.2 Å². The minimum Gasteiger partial charge on any atom is -0.352 e. The second-order valence-corrected chi connectivity index (χ2v) is 8.23. The maximum Gasteiger partial charge on any atom is 0.319 e. The highest BCUT2D eigenvalue weighted by Crippen LogP contribution is 2.20. The van der Waals surface area contributed by atoms with E-state index in [4.69, 9.17) is 0 Å². The zero-order chi connectivity index (χ0) is 22.4. The number of nitrogens with zero attached hydrogens (tertiary/aromatic N) is 4. The molecule has 0 aliphatic carbocycles. The molecular weight excluding hydrogens is 390 g/mol. The Morgan fingerprint density at radius 1 is 1.10 bits per heavy atom. The van der Waals surface area contributed by atoms with Crippen molar-refractivity contribution >= 4 is 11.9 Å². The van der Waals surface area contributed by atoms with Crippen LogP contribution < -0.4 is 5.32 Å². The molecule has 1 saturated heterocycles. The number of carbonyl (C=O) groups is 2. The third-order valence-corrected chi connectivity index (χ3v) is 6.32. The lowest BCUT2D eigenvalue weighted by Crippen LogP contribution is -2.48. The van der Waals surface area contributed by atoms with E-state index in [1.54, 1.807) is 0 Å². The van der Waals surface area contributed by atoms with Crippen LogP contribution >= 0.6 is 0 Å². The number of likely N-dealkylation sites (tertiary alicyclic amines) is 1. The van der Waals surface area contributed by atoms with Crippen LogP contribution in [0.2, 0.25) is 0 Å². The van der Waals surface area contributed by atoms with Crippen molar-refractivity contribution in [2.45, 2.75) is 53.6 Å². The van der Waals surface area contributed by atoms with Gasteiger partial charge in [0.1, 0.15) is 0 Å². The van der Waals surface area contributed by atoms with Gasteiger partial charge in [-0.25, -0.2) is 4.79 Å². The number of nitrogens with one attached hydrogen (secondary N) is 1. The van der Waals surface area contributed by atoms with Crippen LogP contribution in [0.25, 0.3) is 0 Å². The molecule has 2 heterocycles. The molecule has 1 aromatic heterocycles. The van der Waals surface area contributed by atoms with Gasteiger partial charge < -0.3 is 15.1 Å². The number of carbonyl (C=O) groups excluding carboxylic acids is 2. The van der Waals surface area contributed by atoms with Crippen LogP contribution in [0.4, 0.5) is 4.79 Å². The van der Waals surface area contributed by atoms with Crippen LogP contribution in [0.1, 0.15) is 49.2 Å². The van der Waals surface area contributed by atoms with Crippen molar-refractivity contribution in [3.05, 3.63) is 52.8 Å². The average molecular weight is 426 g/mol. The smallest absolute Gasteiger partial charge is 0.319 e. The van der Waals surface area contributed by atoms with Gasteiger partial charge in [-0.1, -0.05) is 30.3 Å². The quantitative estimate of drug-likeness (QED) is 0.740. The summed E-state index contributed by atoms with van der Waals surface area (Å²) in [6, 6.07) is 10.3. The summed E-state index contributed by atoms with van der Waals surface area (Å²) in [4.78, 5) is 29.0. The number of urea groups is 1. The Morgan fingerprint density at radius 3 is 2.35 bits per heavy atom. The molecular formula is C24H35N5O2. The van der Waals surface area contributed by atoms with E-state index in [0.717, 1.165) is 23.5 Å². The molecule has 0 bridgehead atoms. The number of hydrogen-bond acceptors (Lipinski definition) is 3. The van der Waals surface area contributed by atoms with E-state index >= 15 is 0 Å². The first-order valence-electron chi connectivity index (χ1n) is 11.3. The first-order valence-corrected chi connectivity index (χ1v) is 11.3. The third-order valence-electron chi connectivity index (χ3n) is 6.32. The number of amides is 3. The number of benzene rings is 1.